The van der Waals surface area contributed by atoms with E-state index in [2.05, 4.69) is 33.0 Å². The Hall–Kier alpha value is -0.0400. The number of unbranched alkanes of at least 4 members (excludes halogenated alkanes) is 1. The van der Waals surface area contributed by atoms with E-state index in [1.807, 2.05) is 0 Å². The number of nitrogens with one attached hydrogen (secondary N) is 1. The summed E-state index contributed by atoms with van der Waals surface area (Å²) in [4.78, 5) is 0. The first kappa shape index (κ1) is 12.4. The lowest BCUT2D eigenvalue weighted by Crippen LogP contribution is -2.43. The average molecular weight is 223 g/mol. The predicted octanol–water partition coefficient (Wildman–Crippen LogP) is 3.98. The summed E-state index contributed by atoms with van der Waals surface area (Å²) in [5.41, 5.74) is 0.947. The number of hydrogen-bond donors (Lipinski definition) is 1. The largest absolute Gasteiger partial charge is 0.312 e. The molecule has 16 heavy (non-hydrogen) atoms. The normalized spacial score (nSPS) is 37.5. The quantitative estimate of drug-likeness (QED) is 0.743. The van der Waals surface area contributed by atoms with Crippen molar-refractivity contribution >= 4 is 0 Å². The Morgan fingerprint density at radius 3 is 2.31 bits per heavy atom. The van der Waals surface area contributed by atoms with Gasteiger partial charge in [-0.05, 0) is 63.7 Å². The molecule has 0 aromatic heterocycles. The lowest BCUT2D eigenvalue weighted by atomic mass is 9.78. The standard InChI is InChI=1S/C15H29N/c1-5-6-7-15(11-16-14(2,3)4)9-12-8-13(12)10-15/h12-13,16H,5-11H2,1-4H3. The first-order valence-corrected chi connectivity index (χ1v) is 7.19. The van der Waals surface area contributed by atoms with Gasteiger partial charge in [0.15, 0.2) is 0 Å². The second-order valence-electron chi connectivity index (χ2n) is 7.37. The van der Waals surface area contributed by atoms with Gasteiger partial charge in [-0.1, -0.05) is 19.8 Å². The van der Waals surface area contributed by atoms with Crippen LogP contribution in [0.1, 0.15) is 66.2 Å². The molecule has 2 aliphatic carbocycles. The minimum absolute atomic E-state index is 0.284. The van der Waals surface area contributed by atoms with E-state index in [1.165, 1.54) is 38.6 Å². The first-order valence-electron chi connectivity index (χ1n) is 7.19. The molecule has 0 amide bonds. The van der Waals surface area contributed by atoms with Crippen LogP contribution < -0.4 is 5.32 Å². The molecular formula is C15H29N. The zero-order valence-corrected chi connectivity index (χ0v) is 11.6. The van der Waals surface area contributed by atoms with Gasteiger partial charge in [0, 0.05) is 12.1 Å². The van der Waals surface area contributed by atoms with Crippen LogP contribution in [0.4, 0.5) is 0 Å². The highest BCUT2D eigenvalue weighted by Gasteiger charge is 2.53. The highest BCUT2D eigenvalue weighted by Crippen LogP contribution is 2.61. The van der Waals surface area contributed by atoms with E-state index in [0.29, 0.717) is 5.41 Å². The maximum absolute atomic E-state index is 3.75. The van der Waals surface area contributed by atoms with Crippen molar-refractivity contribution in [1.82, 2.24) is 5.32 Å². The van der Waals surface area contributed by atoms with Crippen LogP contribution >= 0.6 is 0 Å². The Bertz CT molecular complexity index is 228. The summed E-state index contributed by atoms with van der Waals surface area (Å²) in [5, 5.41) is 3.75. The Balaban J connectivity index is 1.87. The van der Waals surface area contributed by atoms with Crippen molar-refractivity contribution in [3.63, 3.8) is 0 Å². The van der Waals surface area contributed by atoms with Gasteiger partial charge in [0.2, 0.25) is 0 Å². The van der Waals surface area contributed by atoms with Crippen molar-refractivity contribution in [1.29, 1.82) is 0 Å². The van der Waals surface area contributed by atoms with E-state index in [9.17, 15) is 0 Å². The van der Waals surface area contributed by atoms with E-state index >= 15 is 0 Å². The Morgan fingerprint density at radius 1 is 1.19 bits per heavy atom. The molecule has 2 unspecified atom stereocenters. The Kier molecular flexibility index (Phi) is 3.36. The molecule has 1 heteroatoms. The maximum atomic E-state index is 3.75. The third kappa shape index (κ3) is 3.00. The van der Waals surface area contributed by atoms with E-state index in [4.69, 9.17) is 0 Å². The molecule has 2 atom stereocenters. The van der Waals surface area contributed by atoms with Gasteiger partial charge in [-0.15, -0.1) is 0 Å². The molecule has 0 aromatic carbocycles. The van der Waals surface area contributed by atoms with Crippen LogP contribution in [0, 0.1) is 17.3 Å². The van der Waals surface area contributed by atoms with Crippen molar-refractivity contribution in [2.24, 2.45) is 17.3 Å². The molecule has 2 aliphatic rings. The average Bonchev–Trinajstić information content (AvgIpc) is 2.81. The molecule has 2 saturated carbocycles. The molecule has 2 rings (SSSR count). The van der Waals surface area contributed by atoms with Gasteiger partial charge >= 0.3 is 0 Å². The molecule has 0 aliphatic heterocycles. The van der Waals surface area contributed by atoms with E-state index in [0.717, 1.165) is 11.8 Å². The highest BCUT2D eigenvalue weighted by atomic mass is 15.0. The van der Waals surface area contributed by atoms with Crippen molar-refractivity contribution in [3.05, 3.63) is 0 Å². The smallest absolute Gasteiger partial charge is 0.00967 e. The van der Waals surface area contributed by atoms with Crippen molar-refractivity contribution in [2.75, 3.05) is 6.54 Å². The minimum atomic E-state index is 0.284. The van der Waals surface area contributed by atoms with E-state index in [1.54, 1.807) is 6.42 Å². The zero-order chi connectivity index (χ0) is 11.8. The first-order chi connectivity index (χ1) is 7.44. The van der Waals surface area contributed by atoms with Gasteiger partial charge < -0.3 is 5.32 Å². The fourth-order valence-electron chi connectivity index (χ4n) is 3.45. The van der Waals surface area contributed by atoms with Crippen LogP contribution in [-0.4, -0.2) is 12.1 Å². The summed E-state index contributed by atoms with van der Waals surface area (Å²) in [5.74, 6) is 2.22. The topological polar surface area (TPSA) is 12.0 Å². The third-order valence-corrected chi connectivity index (χ3v) is 4.51. The number of rotatable bonds is 5. The third-order valence-electron chi connectivity index (χ3n) is 4.51. The molecule has 0 heterocycles. The van der Waals surface area contributed by atoms with Crippen LogP contribution in [-0.2, 0) is 0 Å². The van der Waals surface area contributed by atoms with Crippen LogP contribution in [0.3, 0.4) is 0 Å². The van der Waals surface area contributed by atoms with Crippen molar-refractivity contribution < 1.29 is 0 Å². The molecule has 0 radical (unpaired) electrons. The van der Waals surface area contributed by atoms with Crippen LogP contribution in [0.2, 0.25) is 0 Å². The fraction of sp³-hybridized carbons (Fsp3) is 1.00. The molecule has 0 saturated heterocycles. The SMILES string of the molecule is CCCCC1(CNC(C)(C)C)CC2CC2C1. The highest BCUT2D eigenvalue weighted by molar-refractivity contribution is 5.04. The van der Waals surface area contributed by atoms with Gasteiger partial charge in [-0.25, -0.2) is 0 Å². The monoisotopic (exact) mass is 223 g/mol. The lowest BCUT2D eigenvalue weighted by molar-refractivity contribution is 0.202. The molecule has 0 aromatic rings. The predicted molar refractivity (Wildman–Crippen MR) is 70.5 cm³/mol. The number of hydrogen-bond acceptors (Lipinski definition) is 1. The summed E-state index contributed by atoms with van der Waals surface area (Å²) in [7, 11) is 0. The van der Waals surface area contributed by atoms with Gasteiger partial charge in [-0.3, -0.25) is 0 Å². The van der Waals surface area contributed by atoms with Crippen LogP contribution in [0.15, 0.2) is 0 Å². The Labute approximate surface area is 101 Å². The van der Waals surface area contributed by atoms with Gasteiger partial charge in [-0.2, -0.15) is 0 Å². The van der Waals surface area contributed by atoms with Crippen LogP contribution in [0.25, 0.3) is 0 Å². The zero-order valence-electron chi connectivity index (χ0n) is 11.6. The van der Waals surface area contributed by atoms with Gasteiger partial charge in [0.05, 0.1) is 0 Å². The second-order valence-corrected chi connectivity index (χ2v) is 7.37. The molecule has 1 N–H and O–H groups in total. The van der Waals surface area contributed by atoms with Gasteiger partial charge in [0.1, 0.15) is 0 Å². The second kappa shape index (κ2) is 4.33. The molecule has 0 spiro atoms. The summed E-state index contributed by atoms with van der Waals surface area (Å²) in [6.45, 7) is 10.4. The molecule has 1 nitrogen and oxygen atoms in total. The Morgan fingerprint density at radius 2 is 1.81 bits per heavy atom. The van der Waals surface area contributed by atoms with Crippen molar-refractivity contribution in [2.45, 2.75) is 71.8 Å². The van der Waals surface area contributed by atoms with E-state index in [-0.39, 0.29) is 5.54 Å². The maximum Gasteiger partial charge on any atom is 0.00967 e. The van der Waals surface area contributed by atoms with Gasteiger partial charge in [0.25, 0.3) is 0 Å². The van der Waals surface area contributed by atoms with Crippen molar-refractivity contribution in [3.8, 4) is 0 Å². The summed E-state index contributed by atoms with van der Waals surface area (Å²) in [6.07, 6.45) is 8.81. The molecule has 94 valence electrons. The molecular weight excluding hydrogens is 194 g/mol. The fourth-order valence-corrected chi connectivity index (χ4v) is 3.45. The molecule has 2 fully saturated rings. The lowest BCUT2D eigenvalue weighted by Gasteiger charge is -2.35. The number of fused-ring (bicyclic) bond motifs is 1. The summed E-state index contributed by atoms with van der Waals surface area (Å²) >= 11 is 0. The summed E-state index contributed by atoms with van der Waals surface area (Å²) < 4.78 is 0. The summed E-state index contributed by atoms with van der Waals surface area (Å²) in [6, 6.07) is 0. The van der Waals surface area contributed by atoms with E-state index < -0.39 is 0 Å². The van der Waals surface area contributed by atoms with Crippen LogP contribution in [0.5, 0.6) is 0 Å². The molecule has 0 bridgehead atoms. The minimum Gasteiger partial charge on any atom is -0.312 e.